The van der Waals surface area contributed by atoms with Crippen LogP contribution in [0.15, 0.2) is 4.79 Å². The van der Waals surface area contributed by atoms with Gasteiger partial charge in [0.25, 0.3) is 11.5 Å². The number of aromatic nitrogens is 2. The minimum absolute atomic E-state index is 0.230. The molecule has 0 radical (unpaired) electrons. The number of hydrogen-bond donors (Lipinski definition) is 1. The van der Waals surface area contributed by atoms with Crippen molar-refractivity contribution in [3.63, 3.8) is 0 Å². The molecule has 0 aliphatic heterocycles. The molecule has 0 saturated heterocycles. The lowest BCUT2D eigenvalue weighted by Gasteiger charge is -2.26. The summed E-state index contributed by atoms with van der Waals surface area (Å²) in [6.45, 7) is 6.52. The summed E-state index contributed by atoms with van der Waals surface area (Å²) in [6, 6.07) is 0. The van der Waals surface area contributed by atoms with Crippen molar-refractivity contribution < 1.29 is 4.79 Å². The molecule has 0 unspecified atom stereocenters. The van der Waals surface area contributed by atoms with E-state index in [1.165, 1.54) is 17.5 Å². The number of rotatable bonds is 3. The monoisotopic (exact) mass is 291 g/mol. The Balaban J connectivity index is 2.09. The van der Waals surface area contributed by atoms with Gasteiger partial charge in [-0.3, -0.25) is 9.59 Å². The maximum absolute atomic E-state index is 12.4. The summed E-state index contributed by atoms with van der Waals surface area (Å²) in [7, 11) is 1.58. The molecule has 1 heterocycles. The van der Waals surface area contributed by atoms with Gasteiger partial charge in [-0.05, 0) is 44.1 Å². The molecule has 5 heteroatoms. The molecule has 116 valence electrons. The molecule has 2 rings (SSSR count). The number of carbonyl (C=O) groups excluding carboxylic acids is 1. The van der Waals surface area contributed by atoms with Crippen LogP contribution < -0.4 is 10.9 Å². The Morgan fingerprint density at radius 2 is 2.10 bits per heavy atom. The Morgan fingerprint density at radius 3 is 2.76 bits per heavy atom. The molecule has 0 spiro atoms. The number of nitrogens with one attached hydrogen (secondary N) is 1. The maximum atomic E-state index is 12.4. The molecule has 21 heavy (non-hydrogen) atoms. The molecule has 1 saturated carbocycles. The van der Waals surface area contributed by atoms with Crippen molar-refractivity contribution in [2.24, 2.45) is 18.9 Å². The predicted octanol–water partition coefficient (Wildman–Crippen LogP) is 1.95. The highest BCUT2D eigenvalue weighted by Crippen LogP contribution is 2.27. The summed E-state index contributed by atoms with van der Waals surface area (Å²) in [4.78, 5) is 24.5. The van der Waals surface area contributed by atoms with E-state index in [2.05, 4.69) is 17.3 Å². The fourth-order valence-electron chi connectivity index (χ4n) is 3.19. The molecule has 1 aliphatic carbocycles. The standard InChI is InChI=1S/C16H25N3O2/c1-10-6-5-7-13(8-10)9-17-15(20)14-11(2)12(3)18-19(4)16(14)21/h10,13H,5-9H2,1-4H3,(H,17,20)/t10-,13+/m1/s1. The second-order valence-corrected chi connectivity index (χ2v) is 6.36. The molecule has 1 aromatic rings. The van der Waals surface area contributed by atoms with Crippen LogP contribution in [-0.4, -0.2) is 22.2 Å². The van der Waals surface area contributed by atoms with Crippen LogP contribution in [0.25, 0.3) is 0 Å². The molecule has 1 aromatic heterocycles. The van der Waals surface area contributed by atoms with E-state index in [0.29, 0.717) is 23.7 Å². The highest BCUT2D eigenvalue weighted by Gasteiger charge is 2.22. The van der Waals surface area contributed by atoms with E-state index < -0.39 is 0 Å². The van der Waals surface area contributed by atoms with Gasteiger partial charge in [0.05, 0.1) is 5.69 Å². The Labute approximate surface area is 125 Å². The van der Waals surface area contributed by atoms with Crippen molar-refractivity contribution in [2.75, 3.05) is 6.54 Å². The highest BCUT2D eigenvalue weighted by molar-refractivity contribution is 5.95. The van der Waals surface area contributed by atoms with Crippen LogP contribution in [-0.2, 0) is 7.05 Å². The third-order valence-corrected chi connectivity index (χ3v) is 4.55. The van der Waals surface area contributed by atoms with Crippen LogP contribution in [0.1, 0.15) is 54.2 Å². The molecule has 1 N–H and O–H groups in total. The van der Waals surface area contributed by atoms with Crippen LogP contribution >= 0.6 is 0 Å². The summed E-state index contributed by atoms with van der Waals surface area (Å²) >= 11 is 0. The maximum Gasteiger partial charge on any atom is 0.279 e. The number of hydrogen-bond acceptors (Lipinski definition) is 3. The van der Waals surface area contributed by atoms with Gasteiger partial charge >= 0.3 is 0 Å². The van der Waals surface area contributed by atoms with Crippen LogP contribution in [0.3, 0.4) is 0 Å². The zero-order valence-electron chi connectivity index (χ0n) is 13.4. The van der Waals surface area contributed by atoms with E-state index in [0.717, 1.165) is 18.8 Å². The molecule has 2 atom stereocenters. The smallest absolute Gasteiger partial charge is 0.279 e. The van der Waals surface area contributed by atoms with Gasteiger partial charge in [0.15, 0.2) is 0 Å². The Morgan fingerprint density at radius 1 is 1.38 bits per heavy atom. The van der Waals surface area contributed by atoms with Gasteiger partial charge in [-0.2, -0.15) is 5.10 Å². The minimum atomic E-state index is -0.326. The SMILES string of the molecule is Cc1nn(C)c(=O)c(C(=O)NC[C@H]2CCC[C@@H](C)C2)c1C. The first kappa shape index (κ1) is 15.7. The lowest BCUT2D eigenvalue weighted by Crippen LogP contribution is -2.37. The number of nitrogens with zero attached hydrogens (tertiary/aromatic N) is 2. The van der Waals surface area contributed by atoms with Gasteiger partial charge in [0.2, 0.25) is 0 Å². The molecule has 1 fully saturated rings. The zero-order valence-corrected chi connectivity index (χ0v) is 13.4. The molecule has 1 aliphatic rings. The second kappa shape index (κ2) is 6.41. The lowest BCUT2D eigenvalue weighted by atomic mass is 9.82. The fraction of sp³-hybridized carbons (Fsp3) is 0.688. The van der Waals surface area contributed by atoms with E-state index in [1.807, 2.05) is 6.92 Å². The Bertz CT molecular complexity index is 592. The predicted molar refractivity (Wildman–Crippen MR) is 82.4 cm³/mol. The molecule has 0 aromatic carbocycles. The van der Waals surface area contributed by atoms with E-state index >= 15 is 0 Å². The van der Waals surface area contributed by atoms with Gasteiger partial charge in [-0.1, -0.05) is 19.8 Å². The topological polar surface area (TPSA) is 64.0 Å². The van der Waals surface area contributed by atoms with Crippen LogP contribution in [0.5, 0.6) is 0 Å². The first-order chi connectivity index (χ1) is 9.90. The van der Waals surface area contributed by atoms with Gasteiger partial charge in [0, 0.05) is 13.6 Å². The first-order valence-corrected chi connectivity index (χ1v) is 7.72. The number of carbonyl (C=O) groups is 1. The average molecular weight is 291 g/mol. The molecule has 1 amide bonds. The van der Waals surface area contributed by atoms with Gasteiger partial charge in [-0.25, -0.2) is 4.68 Å². The first-order valence-electron chi connectivity index (χ1n) is 7.72. The molecular weight excluding hydrogens is 266 g/mol. The minimum Gasteiger partial charge on any atom is -0.352 e. The van der Waals surface area contributed by atoms with Crippen LogP contribution in [0, 0.1) is 25.7 Å². The normalized spacial score (nSPS) is 22.1. The zero-order chi connectivity index (χ0) is 15.6. The third-order valence-electron chi connectivity index (χ3n) is 4.55. The van der Waals surface area contributed by atoms with Crippen molar-refractivity contribution in [3.8, 4) is 0 Å². The lowest BCUT2D eigenvalue weighted by molar-refractivity contribution is 0.0937. The molecule has 0 bridgehead atoms. The van der Waals surface area contributed by atoms with Crippen molar-refractivity contribution in [2.45, 2.75) is 46.5 Å². The van der Waals surface area contributed by atoms with E-state index in [-0.39, 0.29) is 17.0 Å². The second-order valence-electron chi connectivity index (χ2n) is 6.36. The summed E-state index contributed by atoms with van der Waals surface area (Å²) < 4.78 is 1.24. The van der Waals surface area contributed by atoms with E-state index in [4.69, 9.17) is 0 Å². The molecule has 5 nitrogen and oxygen atoms in total. The summed E-state index contributed by atoms with van der Waals surface area (Å²) in [5.41, 5.74) is 1.29. The van der Waals surface area contributed by atoms with Crippen molar-refractivity contribution in [3.05, 3.63) is 27.2 Å². The number of amides is 1. The number of aryl methyl sites for hydroxylation is 2. The van der Waals surface area contributed by atoms with Crippen LogP contribution in [0.4, 0.5) is 0 Å². The Kier molecular flexibility index (Phi) is 4.80. The van der Waals surface area contributed by atoms with Crippen LogP contribution in [0.2, 0.25) is 0 Å². The van der Waals surface area contributed by atoms with E-state index in [9.17, 15) is 9.59 Å². The Hall–Kier alpha value is -1.65. The summed E-state index contributed by atoms with van der Waals surface area (Å²) in [5, 5.41) is 7.05. The third kappa shape index (κ3) is 3.52. The average Bonchev–Trinajstić information content (AvgIpc) is 2.43. The van der Waals surface area contributed by atoms with Gasteiger partial charge in [0.1, 0.15) is 5.56 Å². The molecular formula is C16H25N3O2. The summed E-state index contributed by atoms with van der Waals surface area (Å²) in [5.74, 6) is 1.00. The van der Waals surface area contributed by atoms with E-state index in [1.54, 1.807) is 14.0 Å². The van der Waals surface area contributed by atoms with Crippen molar-refractivity contribution in [1.82, 2.24) is 15.1 Å². The quantitative estimate of drug-likeness (QED) is 0.926. The van der Waals surface area contributed by atoms with Crippen molar-refractivity contribution >= 4 is 5.91 Å². The van der Waals surface area contributed by atoms with Gasteiger partial charge in [-0.15, -0.1) is 0 Å². The summed E-state index contributed by atoms with van der Waals surface area (Å²) in [6.07, 6.45) is 4.84. The largest absolute Gasteiger partial charge is 0.352 e. The highest BCUT2D eigenvalue weighted by atomic mass is 16.2. The van der Waals surface area contributed by atoms with Gasteiger partial charge < -0.3 is 5.32 Å². The van der Waals surface area contributed by atoms with Crippen molar-refractivity contribution in [1.29, 1.82) is 0 Å². The fourth-order valence-corrected chi connectivity index (χ4v) is 3.19.